The van der Waals surface area contributed by atoms with E-state index in [1.54, 1.807) is 29.3 Å². The van der Waals surface area contributed by atoms with Crippen LogP contribution in [0.4, 0.5) is 24.9 Å². The fourth-order valence-electron chi connectivity index (χ4n) is 3.88. The second-order valence-corrected chi connectivity index (χ2v) is 8.28. The molecule has 1 fully saturated rings. The zero-order valence-electron chi connectivity index (χ0n) is 16.0. The lowest BCUT2D eigenvalue weighted by atomic mass is 9.97. The monoisotopic (exact) mass is 484 g/mol. The summed E-state index contributed by atoms with van der Waals surface area (Å²) < 4.78 is 43.9. The van der Waals surface area contributed by atoms with Crippen molar-refractivity contribution >= 4 is 57.8 Å². The number of rotatable bonds is 3. The predicted octanol–water partition coefficient (Wildman–Crippen LogP) is 3.16. The molecular weight excluding hydrogens is 472 g/mol. The Morgan fingerprint density at radius 2 is 1.94 bits per heavy atom. The minimum absolute atomic E-state index is 0.0198. The normalized spacial score (nSPS) is 20.8. The molecule has 0 saturated carbocycles. The molecule has 0 spiro atoms. The number of hydrogen-bond acceptors (Lipinski definition) is 5. The van der Waals surface area contributed by atoms with Gasteiger partial charge in [-0.1, -0.05) is 29.3 Å². The van der Waals surface area contributed by atoms with Gasteiger partial charge in [-0.25, -0.2) is 9.97 Å². The Kier molecular flexibility index (Phi) is 4.54. The Morgan fingerprint density at radius 1 is 1.22 bits per heavy atom. The minimum Gasteiger partial charge on any atom is -0.355 e. The van der Waals surface area contributed by atoms with Crippen molar-refractivity contribution in [3.63, 3.8) is 0 Å². The Hall–Kier alpha value is -3.05. The number of hydrogen-bond donors (Lipinski definition) is 2. The molecule has 0 radical (unpaired) electrons. The number of benzene rings is 1. The molecule has 1 aromatic carbocycles. The van der Waals surface area contributed by atoms with Crippen molar-refractivity contribution in [1.29, 1.82) is 0 Å². The number of halogens is 5. The average molecular weight is 485 g/mol. The summed E-state index contributed by atoms with van der Waals surface area (Å²) in [5.41, 5.74) is -3.40. The van der Waals surface area contributed by atoms with E-state index in [0.29, 0.717) is 10.4 Å². The summed E-state index contributed by atoms with van der Waals surface area (Å²) in [7, 11) is 0. The van der Waals surface area contributed by atoms with Crippen LogP contribution < -0.4 is 15.5 Å². The summed E-state index contributed by atoms with van der Waals surface area (Å²) in [6.45, 7) is 0.328. The quantitative estimate of drug-likeness (QED) is 0.595. The van der Waals surface area contributed by atoms with Crippen LogP contribution in [-0.2, 0) is 15.3 Å². The van der Waals surface area contributed by atoms with Gasteiger partial charge in [-0.2, -0.15) is 13.2 Å². The summed E-state index contributed by atoms with van der Waals surface area (Å²) in [5, 5.41) is 4.13. The molecule has 0 aliphatic carbocycles. The summed E-state index contributed by atoms with van der Waals surface area (Å²) in [4.78, 5) is 35.4. The summed E-state index contributed by atoms with van der Waals surface area (Å²) >= 11 is 11.9. The van der Waals surface area contributed by atoms with Crippen LogP contribution in [0, 0.1) is 5.92 Å². The first-order chi connectivity index (χ1) is 15.1. The van der Waals surface area contributed by atoms with E-state index in [1.165, 1.54) is 12.1 Å². The van der Waals surface area contributed by atoms with Crippen LogP contribution in [0.25, 0.3) is 11.0 Å². The van der Waals surface area contributed by atoms with Crippen molar-refractivity contribution < 1.29 is 22.8 Å². The Morgan fingerprint density at radius 3 is 2.59 bits per heavy atom. The fourth-order valence-corrected chi connectivity index (χ4v) is 4.20. The van der Waals surface area contributed by atoms with Gasteiger partial charge in [0.25, 0.3) is 11.6 Å². The average Bonchev–Trinajstić information content (AvgIpc) is 3.15. The zero-order valence-corrected chi connectivity index (χ0v) is 17.5. The maximum Gasteiger partial charge on any atom is 0.440 e. The van der Waals surface area contributed by atoms with Gasteiger partial charge < -0.3 is 10.2 Å². The summed E-state index contributed by atoms with van der Waals surface area (Å²) in [6.07, 6.45) is -3.60. The first-order valence-electron chi connectivity index (χ1n) is 9.36. The van der Waals surface area contributed by atoms with Crippen molar-refractivity contribution in [3.05, 3.63) is 46.6 Å². The third kappa shape index (κ3) is 2.91. The zero-order chi connectivity index (χ0) is 22.8. The van der Waals surface area contributed by atoms with Gasteiger partial charge in [0.15, 0.2) is 0 Å². The van der Waals surface area contributed by atoms with Crippen LogP contribution in [0.1, 0.15) is 0 Å². The highest BCUT2D eigenvalue weighted by atomic mass is 35.5. The third-order valence-corrected chi connectivity index (χ3v) is 6.25. The van der Waals surface area contributed by atoms with Gasteiger partial charge in [0.2, 0.25) is 11.9 Å². The van der Waals surface area contributed by atoms with Crippen LogP contribution >= 0.6 is 23.2 Å². The number of nitrogens with one attached hydrogen (secondary N) is 2. The first-order valence-corrected chi connectivity index (χ1v) is 10.1. The lowest BCUT2D eigenvalue weighted by molar-refractivity contribution is -0.218. The number of alkyl halides is 3. The fraction of sp³-hybridized carbons (Fsp3) is 0.263. The molecule has 32 heavy (non-hydrogen) atoms. The van der Waals surface area contributed by atoms with E-state index in [0.717, 1.165) is 0 Å². The standard InChI is InChI=1S/C19H13Cl2F3N6O2/c20-10-5-12-13(6-11(10)21)30-17(26-12)27-16(32)18(30,19(22,23)24)28-15(31)9-7-29(8-9)14-3-1-2-4-25-14/h1-6,9H,7-8H2,(H,28,31)(H,26,27,32). The van der Waals surface area contributed by atoms with Gasteiger partial charge in [-0.05, 0) is 24.3 Å². The molecule has 166 valence electrons. The largest absolute Gasteiger partial charge is 0.440 e. The number of amides is 2. The van der Waals surface area contributed by atoms with Gasteiger partial charge in [0.1, 0.15) is 5.82 Å². The molecule has 2 aliphatic heterocycles. The van der Waals surface area contributed by atoms with Gasteiger partial charge >= 0.3 is 6.18 Å². The molecule has 0 bridgehead atoms. The molecule has 2 aliphatic rings. The van der Waals surface area contributed by atoms with Gasteiger partial charge in [0, 0.05) is 19.3 Å². The van der Waals surface area contributed by atoms with Crippen LogP contribution in [0.3, 0.4) is 0 Å². The number of aromatic nitrogens is 3. The number of fused-ring (bicyclic) bond motifs is 3. The van der Waals surface area contributed by atoms with Crippen molar-refractivity contribution in [1.82, 2.24) is 19.9 Å². The number of nitrogens with zero attached hydrogens (tertiary/aromatic N) is 4. The third-order valence-electron chi connectivity index (χ3n) is 5.53. The van der Waals surface area contributed by atoms with E-state index in [1.807, 2.05) is 5.32 Å². The van der Waals surface area contributed by atoms with E-state index in [9.17, 15) is 22.8 Å². The molecule has 1 unspecified atom stereocenters. The van der Waals surface area contributed by atoms with Crippen LogP contribution in [0.5, 0.6) is 0 Å². The van der Waals surface area contributed by atoms with Crippen molar-refractivity contribution in [2.75, 3.05) is 23.3 Å². The maximum absolute atomic E-state index is 14.4. The molecule has 3 aromatic rings. The second-order valence-electron chi connectivity index (χ2n) is 7.47. The van der Waals surface area contributed by atoms with E-state index in [2.05, 4.69) is 15.3 Å². The molecule has 2 N–H and O–H groups in total. The molecule has 5 rings (SSSR count). The molecule has 4 heterocycles. The van der Waals surface area contributed by atoms with Gasteiger partial charge in [-0.15, -0.1) is 0 Å². The van der Waals surface area contributed by atoms with Gasteiger partial charge in [0.05, 0.1) is 27.0 Å². The Labute approximate surface area is 188 Å². The number of anilines is 2. The number of carbonyl (C=O) groups excluding carboxylic acids is 2. The molecule has 13 heteroatoms. The van der Waals surface area contributed by atoms with Crippen molar-refractivity contribution in [2.45, 2.75) is 11.8 Å². The van der Waals surface area contributed by atoms with E-state index >= 15 is 0 Å². The van der Waals surface area contributed by atoms with Crippen molar-refractivity contribution in [3.8, 4) is 0 Å². The highest BCUT2D eigenvalue weighted by molar-refractivity contribution is 6.42. The van der Waals surface area contributed by atoms with E-state index < -0.39 is 29.6 Å². The highest BCUT2D eigenvalue weighted by Crippen LogP contribution is 2.45. The number of pyridine rings is 1. The molecular formula is C19H13Cl2F3N6O2. The highest BCUT2D eigenvalue weighted by Gasteiger charge is 2.68. The van der Waals surface area contributed by atoms with Crippen LogP contribution in [0.15, 0.2) is 36.5 Å². The van der Waals surface area contributed by atoms with Crippen LogP contribution in [-0.4, -0.2) is 45.6 Å². The first kappa shape index (κ1) is 20.8. The topological polar surface area (TPSA) is 92.2 Å². The summed E-state index contributed by atoms with van der Waals surface area (Å²) in [6, 6.07) is 7.69. The van der Waals surface area contributed by atoms with Crippen molar-refractivity contribution in [2.24, 2.45) is 5.92 Å². The van der Waals surface area contributed by atoms with Crippen LogP contribution in [0.2, 0.25) is 10.0 Å². The van der Waals surface area contributed by atoms with Gasteiger partial charge in [-0.3, -0.25) is 19.5 Å². The SMILES string of the molecule is O=C(NC1(C(F)(F)F)C(=O)Nc2nc3cc(Cl)c(Cl)cc3n21)C1CN(c2ccccn2)C1. The lowest BCUT2D eigenvalue weighted by Gasteiger charge is -2.41. The molecule has 2 amide bonds. The predicted molar refractivity (Wildman–Crippen MR) is 110 cm³/mol. The Bertz CT molecular complexity index is 1260. The van der Waals surface area contributed by atoms with E-state index in [4.69, 9.17) is 23.2 Å². The lowest BCUT2D eigenvalue weighted by Crippen LogP contribution is -2.66. The Balaban J connectivity index is 1.50. The molecule has 8 nitrogen and oxygen atoms in total. The molecule has 1 saturated heterocycles. The maximum atomic E-state index is 14.4. The number of carbonyl (C=O) groups is 2. The summed E-state index contributed by atoms with van der Waals surface area (Å²) in [5.74, 6) is -2.91. The molecule has 1 atom stereocenters. The van der Waals surface area contributed by atoms with E-state index in [-0.39, 0.29) is 40.1 Å². The molecule has 2 aromatic heterocycles. The second kappa shape index (κ2) is 6.97. The smallest absolute Gasteiger partial charge is 0.355 e. The number of imidazole rings is 1. The minimum atomic E-state index is -5.18.